The Balaban J connectivity index is 1.78. The molecule has 222 valence electrons. The molecule has 42 heavy (non-hydrogen) atoms. The van der Waals surface area contributed by atoms with Crippen LogP contribution in [-0.2, 0) is 19.3 Å². The maximum atomic E-state index is 13.5. The minimum Gasteiger partial charge on any atom is -0.399 e. The summed E-state index contributed by atoms with van der Waals surface area (Å²) >= 11 is 0. The summed E-state index contributed by atoms with van der Waals surface area (Å²) in [6.45, 7) is 7.87. The number of allylic oxidation sites excluding steroid dienone is 5. The summed E-state index contributed by atoms with van der Waals surface area (Å²) in [4.78, 5) is 16.7. The number of carbonyl (C=O) groups excluding carboxylic acids is 1. The van der Waals surface area contributed by atoms with Gasteiger partial charge >= 0.3 is 6.18 Å². The molecule has 5 nitrogen and oxygen atoms in total. The number of nitrogens with zero attached hydrogens (tertiary/aromatic N) is 1. The monoisotopic (exact) mass is 584 g/mol. The molecule has 1 aromatic heterocycles. The predicted octanol–water partition coefficient (Wildman–Crippen LogP) is 7.91. The fraction of sp³-hybridized carbons (Fsp3) is 0.250. The smallest absolute Gasteiger partial charge is 0.399 e. The van der Waals surface area contributed by atoms with E-state index in [1.165, 1.54) is 6.07 Å². The standard InChI is InChI=1S/C32H33F5N4O/c1-5-19(3)29(38)20(4)13-23(6-2)24-10-7-21(8-11-24)16-39-30-26(15-25(18-40-30)32(35,36)37)31(42)41-17-22-9-12-27(33)28(34)14-22/h6-15,18H,5,16-17,38H2,1-4H3,(H,39,40)(H,41,42)/b20-13-,23-6?,29-19-. The summed E-state index contributed by atoms with van der Waals surface area (Å²) in [7, 11) is 0. The summed E-state index contributed by atoms with van der Waals surface area (Å²) in [5.74, 6) is -3.07. The predicted molar refractivity (Wildman–Crippen MR) is 155 cm³/mol. The fourth-order valence-corrected chi connectivity index (χ4v) is 4.03. The van der Waals surface area contributed by atoms with Gasteiger partial charge in [-0.25, -0.2) is 13.8 Å². The van der Waals surface area contributed by atoms with Crippen LogP contribution in [0.15, 0.2) is 83.7 Å². The maximum Gasteiger partial charge on any atom is 0.417 e. The number of hydrogen-bond acceptors (Lipinski definition) is 4. The molecule has 0 spiro atoms. The zero-order chi connectivity index (χ0) is 31.0. The van der Waals surface area contributed by atoms with Crippen molar-refractivity contribution in [3.8, 4) is 0 Å². The van der Waals surface area contributed by atoms with Crippen LogP contribution in [0.1, 0.15) is 66.7 Å². The molecule has 0 aliphatic carbocycles. The zero-order valence-corrected chi connectivity index (χ0v) is 23.8. The number of aromatic nitrogens is 1. The van der Waals surface area contributed by atoms with E-state index in [0.717, 1.165) is 52.1 Å². The first kappa shape index (κ1) is 32.0. The molecule has 10 heteroatoms. The Labute approximate surface area is 242 Å². The average molecular weight is 585 g/mol. The van der Waals surface area contributed by atoms with Gasteiger partial charge in [0, 0.05) is 25.0 Å². The van der Waals surface area contributed by atoms with Crippen LogP contribution in [0, 0.1) is 11.6 Å². The van der Waals surface area contributed by atoms with E-state index in [9.17, 15) is 26.7 Å². The first-order chi connectivity index (χ1) is 19.8. The van der Waals surface area contributed by atoms with Crippen LogP contribution in [0.25, 0.3) is 5.57 Å². The fourth-order valence-electron chi connectivity index (χ4n) is 4.03. The molecule has 0 fully saturated rings. The molecule has 0 radical (unpaired) electrons. The van der Waals surface area contributed by atoms with Gasteiger partial charge in [-0.05, 0) is 79.3 Å². The van der Waals surface area contributed by atoms with Gasteiger partial charge in [0.25, 0.3) is 5.91 Å². The van der Waals surface area contributed by atoms with Crippen molar-refractivity contribution in [1.29, 1.82) is 0 Å². The molecule has 3 aromatic rings. The lowest BCUT2D eigenvalue weighted by Crippen LogP contribution is -2.25. The van der Waals surface area contributed by atoms with Crippen molar-refractivity contribution in [1.82, 2.24) is 10.3 Å². The highest BCUT2D eigenvalue weighted by Crippen LogP contribution is 2.31. The first-order valence-electron chi connectivity index (χ1n) is 13.3. The van der Waals surface area contributed by atoms with E-state index < -0.39 is 29.3 Å². The van der Waals surface area contributed by atoms with Gasteiger partial charge in [0.15, 0.2) is 11.6 Å². The Kier molecular flexibility index (Phi) is 10.6. The van der Waals surface area contributed by atoms with Crippen molar-refractivity contribution in [3.05, 3.63) is 123 Å². The van der Waals surface area contributed by atoms with E-state index in [2.05, 4.69) is 15.6 Å². The molecule has 0 saturated heterocycles. The summed E-state index contributed by atoms with van der Waals surface area (Å²) in [6, 6.07) is 11.3. The van der Waals surface area contributed by atoms with Crippen LogP contribution in [0.2, 0.25) is 0 Å². The van der Waals surface area contributed by atoms with Crippen molar-refractivity contribution < 1.29 is 26.7 Å². The van der Waals surface area contributed by atoms with Gasteiger partial charge in [0.05, 0.1) is 11.1 Å². The lowest BCUT2D eigenvalue weighted by atomic mass is 9.99. The molecule has 4 N–H and O–H groups in total. The van der Waals surface area contributed by atoms with Crippen molar-refractivity contribution >= 4 is 17.3 Å². The Hall–Kier alpha value is -4.47. The normalized spacial score (nSPS) is 13.1. The number of nitrogens with two attached hydrogens (primary N) is 1. The van der Waals surface area contributed by atoms with Crippen LogP contribution >= 0.6 is 0 Å². The van der Waals surface area contributed by atoms with E-state index >= 15 is 0 Å². The number of pyridine rings is 1. The van der Waals surface area contributed by atoms with Gasteiger partial charge in [-0.2, -0.15) is 13.2 Å². The Morgan fingerprint density at radius 1 is 0.976 bits per heavy atom. The Morgan fingerprint density at radius 2 is 1.64 bits per heavy atom. The molecule has 0 aliphatic heterocycles. The molecule has 0 bridgehead atoms. The molecular formula is C32H33F5N4O. The SMILES string of the molecule is CC=C(/C=C(C)\C(N)=C(/C)CC)c1ccc(CNc2ncc(C(F)(F)F)cc2C(=O)NCc2ccc(F)c(F)c2)cc1. The zero-order valence-electron chi connectivity index (χ0n) is 23.8. The maximum absolute atomic E-state index is 13.5. The van der Waals surface area contributed by atoms with Crippen molar-refractivity contribution in [2.24, 2.45) is 5.73 Å². The molecule has 1 heterocycles. The van der Waals surface area contributed by atoms with Gasteiger partial charge in [-0.3, -0.25) is 4.79 Å². The second-order valence-corrected chi connectivity index (χ2v) is 9.72. The number of nitrogens with one attached hydrogen (secondary N) is 2. The molecule has 0 saturated carbocycles. The lowest BCUT2D eigenvalue weighted by Gasteiger charge is -2.15. The van der Waals surface area contributed by atoms with Crippen LogP contribution < -0.4 is 16.4 Å². The van der Waals surface area contributed by atoms with Crippen molar-refractivity contribution in [2.45, 2.75) is 53.4 Å². The van der Waals surface area contributed by atoms with Gasteiger partial charge in [0.2, 0.25) is 0 Å². The molecule has 0 aliphatic rings. The molecule has 2 aromatic carbocycles. The van der Waals surface area contributed by atoms with E-state index in [1.54, 1.807) is 0 Å². The molecule has 3 rings (SSSR count). The number of carbonyl (C=O) groups is 1. The Morgan fingerprint density at radius 3 is 2.24 bits per heavy atom. The third-order valence-corrected chi connectivity index (χ3v) is 6.74. The molecule has 0 atom stereocenters. The van der Waals surface area contributed by atoms with E-state index in [4.69, 9.17) is 5.73 Å². The minimum atomic E-state index is -4.72. The summed E-state index contributed by atoms with van der Waals surface area (Å²) < 4.78 is 66.8. The number of anilines is 1. The highest BCUT2D eigenvalue weighted by Gasteiger charge is 2.32. The summed E-state index contributed by atoms with van der Waals surface area (Å²) in [5.41, 5.74) is 10.6. The second-order valence-electron chi connectivity index (χ2n) is 9.72. The van der Waals surface area contributed by atoms with Gasteiger partial charge in [-0.1, -0.05) is 48.9 Å². The number of amides is 1. The second kappa shape index (κ2) is 13.9. The molecule has 0 unspecified atom stereocenters. The van der Waals surface area contributed by atoms with Crippen LogP contribution in [0.5, 0.6) is 0 Å². The van der Waals surface area contributed by atoms with Gasteiger partial charge < -0.3 is 16.4 Å². The first-order valence-corrected chi connectivity index (χ1v) is 13.3. The van der Waals surface area contributed by atoms with E-state index in [-0.39, 0.29) is 30.0 Å². The Bertz CT molecular complexity index is 1520. The van der Waals surface area contributed by atoms with Gasteiger partial charge in [0.1, 0.15) is 5.82 Å². The van der Waals surface area contributed by atoms with Crippen molar-refractivity contribution in [2.75, 3.05) is 5.32 Å². The highest BCUT2D eigenvalue weighted by atomic mass is 19.4. The van der Waals surface area contributed by atoms with Crippen LogP contribution in [0.3, 0.4) is 0 Å². The number of hydrogen-bond donors (Lipinski definition) is 3. The number of halogens is 5. The lowest BCUT2D eigenvalue weighted by molar-refractivity contribution is -0.137. The van der Waals surface area contributed by atoms with E-state index in [1.807, 2.05) is 64.1 Å². The molecule has 1 amide bonds. The largest absolute Gasteiger partial charge is 0.417 e. The van der Waals surface area contributed by atoms with Crippen LogP contribution in [-0.4, -0.2) is 10.9 Å². The quantitative estimate of drug-likeness (QED) is 0.167. The topological polar surface area (TPSA) is 80.0 Å². The van der Waals surface area contributed by atoms with Gasteiger partial charge in [-0.15, -0.1) is 0 Å². The number of alkyl halides is 3. The van der Waals surface area contributed by atoms with E-state index in [0.29, 0.717) is 12.3 Å². The third kappa shape index (κ3) is 8.28. The molecular weight excluding hydrogens is 551 g/mol. The summed E-state index contributed by atoms with van der Waals surface area (Å²) in [6.07, 6.45) is 0.769. The minimum absolute atomic E-state index is 0.0591. The number of benzene rings is 2. The third-order valence-electron chi connectivity index (χ3n) is 6.74. The van der Waals surface area contributed by atoms with Crippen molar-refractivity contribution in [3.63, 3.8) is 0 Å². The number of rotatable bonds is 10. The summed E-state index contributed by atoms with van der Waals surface area (Å²) in [5, 5.41) is 5.37. The van der Waals surface area contributed by atoms with Crippen LogP contribution in [0.4, 0.5) is 27.8 Å². The average Bonchev–Trinajstić information content (AvgIpc) is 2.98. The highest BCUT2D eigenvalue weighted by molar-refractivity contribution is 5.99.